The Labute approximate surface area is 163 Å². The molecule has 2 aromatic rings. The van der Waals surface area contributed by atoms with Crippen LogP contribution in [0.2, 0.25) is 0 Å². The number of nitrogens with two attached hydrogens (primary N) is 1. The predicted molar refractivity (Wildman–Crippen MR) is 103 cm³/mol. The van der Waals surface area contributed by atoms with E-state index < -0.39 is 10.8 Å². The highest BCUT2D eigenvalue weighted by atomic mass is 14.7. The van der Waals surface area contributed by atoms with Crippen LogP contribution in [0, 0.1) is 44.8 Å². The van der Waals surface area contributed by atoms with Gasteiger partial charge in [0.2, 0.25) is 0 Å². The van der Waals surface area contributed by atoms with Crippen LogP contribution in [0.25, 0.3) is 0 Å². The molecule has 0 saturated carbocycles. The molecule has 0 fully saturated rings. The first kappa shape index (κ1) is 18.8. The molecule has 0 bridgehead atoms. The fourth-order valence-electron chi connectivity index (χ4n) is 3.73. The average Bonchev–Trinajstić information content (AvgIpc) is 2.70. The zero-order valence-electron chi connectivity index (χ0n) is 15.4. The standard InChI is InChI=1S/C22H18N6/c1-21(11-17-4-8-28-9-5-17)12-18(10-16-2-6-27-7-3-16)19(13-23)20(26)22(21,14-24)15-25/h2-9,12H,10-11,26H2,1H3. The Balaban J connectivity index is 2.17. The van der Waals surface area contributed by atoms with Crippen LogP contribution in [-0.2, 0) is 12.8 Å². The van der Waals surface area contributed by atoms with Crippen molar-refractivity contribution in [2.45, 2.75) is 19.8 Å². The molecule has 0 spiro atoms. The molecular weight excluding hydrogens is 348 g/mol. The topological polar surface area (TPSA) is 123 Å². The second kappa shape index (κ2) is 7.35. The Hall–Kier alpha value is -3.95. The summed E-state index contributed by atoms with van der Waals surface area (Å²) < 4.78 is 0. The summed E-state index contributed by atoms with van der Waals surface area (Å²) in [5.41, 5.74) is 6.59. The summed E-state index contributed by atoms with van der Waals surface area (Å²) >= 11 is 0. The Kier molecular flexibility index (Phi) is 4.94. The smallest absolute Gasteiger partial charge is 0.192 e. The van der Waals surface area contributed by atoms with Gasteiger partial charge in [0.25, 0.3) is 0 Å². The Morgan fingerprint density at radius 3 is 1.96 bits per heavy atom. The summed E-state index contributed by atoms with van der Waals surface area (Å²) in [5, 5.41) is 29.7. The normalized spacial score (nSPS) is 20.4. The number of hydrogen-bond acceptors (Lipinski definition) is 6. The SMILES string of the molecule is CC1(Cc2ccncc2)C=C(Cc2ccncc2)C(C#N)=C(N)C1(C#N)C#N. The van der Waals surface area contributed by atoms with Crippen molar-refractivity contribution in [3.05, 3.63) is 83.1 Å². The van der Waals surface area contributed by atoms with Gasteiger partial charge in [-0.1, -0.05) is 13.0 Å². The van der Waals surface area contributed by atoms with E-state index in [0.717, 1.165) is 11.1 Å². The third-order valence-electron chi connectivity index (χ3n) is 5.26. The minimum absolute atomic E-state index is 0.0168. The largest absolute Gasteiger partial charge is 0.399 e. The number of nitriles is 3. The summed E-state index contributed by atoms with van der Waals surface area (Å²) in [6, 6.07) is 13.8. The van der Waals surface area contributed by atoms with E-state index in [9.17, 15) is 15.8 Å². The summed E-state index contributed by atoms with van der Waals surface area (Å²) in [4.78, 5) is 8.03. The highest BCUT2D eigenvalue weighted by Crippen LogP contribution is 2.51. The van der Waals surface area contributed by atoms with E-state index in [0.29, 0.717) is 18.4 Å². The minimum Gasteiger partial charge on any atom is -0.399 e. The Bertz CT molecular complexity index is 1050. The van der Waals surface area contributed by atoms with Crippen molar-refractivity contribution in [3.8, 4) is 18.2 Å². The zero-order chi connectivity index (χ0) is 20.2. The molecule has 28 heavy (non-hydrogen) atoms. The number of allylic oxidation sites excluding steroid dienone is 4. The van der Waals surface area contributed by atoms with Crippen LogP contribution < -0.4 is 5.73 Å². The highest BCUT2D eigenvalue weighted by molar-refractivity contribution is 5.58. The van der Waals surface area contributed by atoms with Crippen molar-refractivity contribution >= 4 is 0 Å². The van der Waals surface area contributed by atoms with Crippen LogP contribution >= 0.6 is 0 Å². The van der Waals surface area contributed by atoms with Crippen molar-refractivity contribution < 1.29 is 0 Å². The van der Waals surface area contributed by atoms with Crippen molar-refractivity contribution in [2.24, 2.45) is 16.6 Å². The fourth-order valence-corrected chi connectivity index (χ4v) is 3.73. The maximum Gasteiger partial charge on any atom is 0.192 e. The van der Waals surface area contributed by atoms with E-state index >= 15 is 0 Å². The van der Waals surface area contributed by atoms with Gasteiger partial charge in [0, 0.05) is 30.2 Å². The lowest BCUT2D eigenvalue weighted by atomic mass is 9.57. The first-order chi connectivity index (χ1) is 13.5. The minimum atomic E-state index is -1.64. The van der Waals surface area contributed by atoms with Gasteiger partial charge in [0.15, 0.2) is 5.41 Å². The molecular formula is C22H18N6. The van der Waals surface area contributed by atoms with Crippen LogP contribution in [0.1, 0.15) is 18.1 Å². The predicted octanol–water partition coefficient (Wildman–Crippen LogP) is 2.98. The van der Waals surface area contributed by atoms with E-state index in [1.165, 1.54) is 0 Å². The van der Waals surface area contributed by atoms with Gasteiger partial charge >= 0.3 is 0 Å². The molecule has 1 unspecified atom stereocenters. The number of rotatable bonds is 4. The second-order valence-corrected chi connectivity index (χ2v) is 7.03. The molecule has 1 aliphatic rings. The molecule has 1 aliphatic carbocycles. The van der Waals surface area contributed by atoms with E-state index in [2.05, 4.69) is 28.2 Å². The van der Waals surface area contributed by atoms with Gasteiger partial charge in [-0.05, 0) is 53.8 Å². The van der Waals surface area contributed by atoms with Gasteiger partial charge in [-0.2, -0.15) is 15.8 Å². The van der Waals surface area contributed by atoms with Crippen LogP contribution in [0.15, 0.2) is 72.0 Å². The molecule has 2 N–H and O–H groups in total. The van der Waals surface area contributed by atoms with Crippen LogP contribution in [0.5, 0.6) is 0 Å². The highest BCUT2D eigenvalue weighted by Gasteiger charge is 2.54. The molecule has 2 aromatic heterocycles. The van der Waals surface area contributed by atoms with Gasteiger partial charge in [-0.15, -0.1) is 0 Å². The maximum absolute atomic E-state index is 9.97. The lowest BCUT2D eigenvalue weighted by Crippen LogP contribution is -2.45. The fraction of sp³-hybridized carbons (Fsp3) is 0.227. The Morgan fingerprint density at radius 2 is 1.46 bits per heavy atom. The molecule has 0 radical (unpaired) electrons. The zero-order valence-corrected chi connectivity index (χ0v) is 15.4. The number of aromatic nitrogens is 2. The molecule has 1 atom stereocenters. The molecule has 6 heteroatoms. The third-order valence-corrected chi connectivity index (χ3v) is 5.26. The van der Waals surface area contributed by atoms with Gasteiger partial charge in [0.05, 0.1) is 23.4 Å². The van der Waals surface area contributed by atoms with Gasteiger partial charge in [-0.3, -0.25) is 9.97 Å². The first-order valence-electron chi connectivity index (χ1n) is 8.72. The first-order valence-corrected chi connectivity index (χ1v) is 8.72. The van der Waals surface area contributed by atoms with Gasteiger partial charge in [0.1, 0.15) is 6.07 Å². The molecule has 0 amide bonds. The monoisotopic (exact) mass is 366 g/mol. The molecule has 0 aliphatic heterocycles. The van der Waals surface area contributed by atoms with Crippen molar-refractivity contribution in [1.82, 2.24) is 9.97 Å². The van der Waals surface area contributed by atoms with Gasteiger partial charge < -0.3 is 5.73 Å². The number of pyridine rings is 2. The molecule has 2 heterocycles. The van der Waals surface area contributed by atoms with Crippen molar-refractivity contribution in [2.75, 3.05) is 0 Å². The number of hydrogen-bond donors (Lipinski definition) is 1. The summed E-state index contributed by atoms with van der Waals surface area (Å²) in [7, 11) is 0. The number of nitrogens with zero attached hydrogens (tertiary/aromatic N) is 5. The summed E-state index contributed by atoms with van der Waals surface area (Å²) in [5.74, 6) is 0. The molecule has 136 valence electrons. The van der Waals surface area contributed by atoms with Gasteiger partial charge in [-0.25, -0.2) is 0 Å². The second-order valence-electron chi connectivity index (χ2n) is 7.03. The van der Waals surface area contributed by atoms with E-state index in [1.54, 1.807) is 24.8 Å². The maximum atomic E-state index is 9.97. The lowest BCUT2D eigenvalue weighted by molar-refractivity contribution is 0.265. The van der Waals surface area contributed by atoms with E-state index in [-0.39, 0.29) is 11.3 Å². The third kappa shape index (κ3) is 3.00. The molecule has 0 aromatic carbocycles. The van der Waals surface area contributed by atoms with Crippen LogP contribution in [0.4, 0.5) is 0 Å². The van der Waals surface area contributed by atoms with E-state index in [1.807, 2.05) is 37.3 Å². The van der Waals surface area contributed by atoms with Crippen LogP contribution in [-0.4, -0.2) is 9.97 Å². The molecule has 3 rings (SSSR count). The lowest BCUT2D eigenvalue weighted by Gasteiger charge is -2.42. The van der Waals surface area contributed by atoms with Crippen molar-refractivity contribution in [3.63, 3.8) is 0 Å². The summed E-state index contributed by atoms with van der Waals surface area (Å²) in [6.07, 6.45) is 9.45. The summed E-state index contributed by atoms with van der Waals surface area (Å²) in [6.45, 7) is 1.84. The molecule has 0 saturated heterocycles. The Morgan fingerprint density at radius 1 is 0.929 bits per heavy atom. The van der Waals surface area contributed by atoms with Crippen molar-refractivity contribution in [1.29, 1.82) is 15.8 Å². The quantitative estimate of drug-likeness (QED) is 0.887. The average molecular weight is 366 g/mol. The molecule has 6 nitrogen and oxygen atoms in total. The van der Waals surface area contributed by atoms with Crippen LogP contribution in [0.3, 0.4) is 0 Å². The van der Waals surface area contributed by atoms with E-state index in [4.69, 9.17) is 5.73 Å².